The number of carbonyl (C=O) groups is 2. The van der Waals surface area contributed by atoms with Crippen molar-refractivity contribution in [2.45, 2.75) is 43.5 Å². The van der Waals surface area contributed by atoms with Crippen LogP contribution in [0.2, 0.25) is 0 Å². The van der Waals surface area contributed by atoms with E-state index in [2.05, 4.69) is 5.32 Å². The van der Waals surface area contributed by atoms with Crippen molar-refractivity contribution in [2.75, 3.05) is 19.0 Å². The van der Waals surface area contributed by atoms with E-state index in [1.807, 2.05) is 25.1 Å². The van der Waals surface area contributed by atoms with Crippen molar-refractivity contribution in [1.29, 1.82) is 0 Å². The fraction of sp³-hybridized carbons (Fsp3) is 0.333. The molecular formula is C24H26N2O5S2. The molecule has 1 unspecified atom stereocenters. The van der Waals surface area contributed by atoms with Gasteiger partial charge in [-0.3, -0.25) is 4.79 Å². The molecule has 1 fully saturated rings. The molecule has 3 aromatic rings. The first-order valence-electron chi connectivity index (χ1n) is 10.9. The zero-order valence-corrected chi connectivity index (χ0v) is 20.2. The summed E-state index contributed by atoms with van der Waals surface area (Å²) in [5.41, 5.74) is 0.606. The van der Waals surface area contributed by atoms with Crippen LogP contribution < -0.4 is 5.32 Å². The summed E-state index contributed by atoms with van der Waals surface area (Å²) >= 11 is 1.28. The smallest absolute Gasteiger partial charge is 0.341 e. The van der Waals surface area contributed by atoms with Crippen LogP contribution in [-0.4, -0.2) is 44.3 Å². The molecule has 1 aliphatic heterocycles. The lowest BCUT2D eigenvalue weighted by Crippen LogP contribution is -2.43. The number of amides is 1. The van der Waals surface area contributed by atoms with Gasteiger partial charge in [0, 0.05) is 28.2 Å². The Morgan fingerprint density at radius 1 is 1.12 bits per heavy atom. The third-order valence-corrected chi connectivity index (χ3v) is 9.03. The Balaban J connectivity index is 1.58. The van der Waals surface area contributed by atoms with Crippen LogP contribution in [0.25, 0.3) is 10.1 Å². The first-order valence-corrected chi connectivity index (χ1v) is 13.2. The number of rotatable bonds is 6. The van der Waals surface area contributed by atoms with Crippen LogP contribution >= 0.6 is 11.3 Å². The van der Waals surface area contributed by atoms with E-state index in [9.17, 15) is 18.0 Å². The summed E-state index contributed by atoms with van der Waals surface area (Å²) in [5, 5.41) is 3.89. The van der Waals surface area contributed by atoms with Gasteiger partial charge in [0.05, 0.1) is 12.0 Å². The van der Waals surface area contributed by atoms with Crippen LogP contribution in [0.15, 0.2) is 53.4 Å². The highest BCUT2D eigenvalue weighted by molar-refractivity contribution is 7.89. The number of hydrogen-bond donors (Lipinski definition) is 1. The molecule has 0 saturated carbocycles. The zero-order chi connectivity index (χ0) is 23.6. The minimum atomic E-state index is -3.62. The Hall–Kier alpha value is -2.75. The second-order valence-corrected chi connectivity index (χ2v) is 10.9. The summed E-state index contributed by atoms with van der Waals surface area (Å²) in [4.78, 5) is 25.4. The number of benzene rings is 2. The number of hydrogen-bond acceptors (Lipinski definition) is 6. The Bertz CT molecular complexity index is 1280. The number of piperidine rings is 1. The number of methoxy groups -OCH3 is 1. The molecule has 9 heteroatoms. The van der Waals surface area contributed by atoms with Gasteiger partial charge in [-0.05, 0) is 49.6 Å². The molecule has 1 N–H and O–H groups in total. The van der Waals surface area contributed by atoms with Crippen LogP contribution in [0.5, 0.6) is 0 Å². The monoisotopic (exact) mass is 486 g/mol. The van der Waals surface area contributed by atoms with Crippen molar-refractivity contribution in [3.05, 3.63) is 59.7 Å². The molecular weight excluding hydrogens is 460 g/mol. The molecule has 0 aliphatic carbocycles. The molecule has 0 spiro atoms. The molecule has 1 aliphatic rings. The second kappa shape index (κ2) is 9.62. The van der Waals surface area contributed by atoms with E-state index in [1.165, 1.54) is 42.7 Å². The SMILES string of the molecule is CCC1CCCCN1S(=O)(=O)c1ccc(C(=O)Nc2sc3ccccc3c2C(=O)OC)cc1. The van der Waals surface area contributed by atoms with Gasteiger partial charge < -0.3 is 10.1 Å². The molecule has 2 heterocycles. The average molecular weight is 487 g/mol. The number of carbonyl (C=O) groups excluding carboxylic acids is 2. The van der Waals surface area contributed by atoms with Crippen molar-refractivity contribution < 1.29 is 22.7 Å². The maximum atomic E-state index is 13.2. The van der Waals surface area contributed by atoms with E-state index in [0.29, 0.717) is 28.1 Å². The number of anilines is 1. The van der Waals surface area contributed by atoms with Crippen LogP contribution in [0, 0.1) is 0 Å². The van der Waals surface area contributed by atoms with Crippen molar-refractivity contribution in [1.82, 2.24) is 4.31 Å². The average Bonchev–Trinajstić information content (AvgIpc) is 3.21. The van der Waals surface area contributed by atoms with E-state index >= 15 is 0 Å². The maximum Gasteiger partial charge on any atom is 0.341 e. The van der Waals surface area contributed by atoms with Gasteiger partial charge in [0.15, 0.2) is 0 Å². The van der Waals surface area contributed by atoms with E-state index in [-0.39, 0.29) is 10.9 Å². The van der Waals surface area contributed by atoms with Gasteiger partial charge in [0.25, 0.3) is 5.91 Å². The second-order valence-electron chi connectivity index (χ2n) is 7.95. The number of nitrogens with zero attached hydrogens (tertiary/aromatic N) is 1. The number of esters is 1. The van der Waals surface area contributed by atoms with Crippen molar-refractivity contribution in [3.63, 3.8) is 0 Å². The largest absolute Gasteiger partial charge is 0.465 e. The Labute approximate surface area is 197 Å². The highest BCUT2D eigenvalue weighted by Gasteiger charge is 2.32. The Morgan fingerprint density at radius 3 is 2.55 bits per heavy atom. The van der Waals surface area contributed by atoms with E-state index < -0.39 is 21.9 Å². The minimum absolute atomic E-state index is 0.0106. The normalized spacial score (nSPS) is 17.1. The van der Waals surface area contributed by atoms with Gasteiger partial charge in [-0.1, -0.05) is 31.5 Å². The van der Waals surface area contributed by atoms with Crippen LogP contribution in [0.4, 0.5) is 5.00 Å². The molecule has 0 bridgehead atoms. The number of ether oxygens (including phenoxy) is 1. The van der Waals surface area contributed by atoms with E-state index in [4.69, 9.17) is 4.74 Å². The number of sulfonamides is 1. The number of thiophene rings is 1. The van der Waals surface area contributed by atoms with Crippen LogP contribution in [0.1, 0.15) is 53.3 Å². The Morgan fingerprint density at radius 2 is 1.85 bits per heavy atom. The first-order chi connectivity index (χ1) is 15.9. The topological polar surface area (TPSA) is 92.8 Å². The third-order valence-electron chi connectivity index (χ3n) is 5.98. The number of nitrogens with one attached hydrogen (secondary N) is 1. The quantitative estimate of drug-likeness (QED) is 0.501. The molecule has 1 amide bonds. The van der Waals surface area contributed by atoms with Crippen LogP contribution in [0.3, 0.4) is 0 Å². The molecule has 2 aromatic carbocycles. The highest BCUT2D eigenvalue weighted by atomic mass is 32.2. The summed E-state index contributed by atoms with van der Waals surface area (Å²) in [7, 11) is -2.32. The lowest BCUT2D eigenvalue weighted by Gasteiger charge is -2.34. The molecule has 1 aromatic heterocycles. The predicted octanol–water partition coefficient (Wildman–Crippen LogP) is 4.89. The molecule has 33 heavy (non-hydrogen) atoms. The predicted molar refractivity (Wildman–Crippen MR) is 129 cm³/mol. The van der Waals surface area contributed by atoms with E-state index in [1.54, 1.807) is 10.4 Å². The van der Waals surface area contributed by atoms with Gasteiger partial charge in [0.1, 0.15) is 10.6 Å². The van der Waals surface area contributed by atoms with Crippen molar-refractivity contribution in [3.8, 4) is 0 Å². The summed E-state index contributed by atoms with van der Waals surface area (Å²) < 4.78 is 33.7. The van der Waals surface area contributed by atoms with Crippen LogP contribution in [-0.2, 0) is 14.8 Å². The van der Waals surface area contributed by atoms with Gasteiger partial charge in [-0.2, -0.15) is 4.31 Å². The summed E-state index contributed by atoms with van der Waals surface area (Å²) in [6.07, 6.45) is 3.54. The molecule has 1 atom stereocenters. The van der Waals surface area contributed by atoms with E-state index in [0.717, 1.165) is 30.4 Å². The third kappa shape index (κ3) is 4.53. The Kier molecular flexibility index (Phi) is 6.83. The van der Waals surface area contributed by atoms with Gasteiger partial charge in [-0.15, -0.1) is 11.3 Å². The highest BCUT2D eigenvalue weighted by Crippen LogP contribution is 2.36. The zero-order valence-electron chi connectivity index (χ0n) is 18.5. The lowest BCUT2D eigenvalue weighted by atomic mass is 10.0. The molecule has 0 radical (unpaired) electrons. The van der Waals surface area contributed by atoms with Gasteiger partial charge in [0.2, 0.25) is 10.0 Å². The van der Waals surface area contributed by atoms with Gasteiger partial charge in [-0.25, -0.2) is 13.2 Å². The fourth-order valence-corrected chi connectivity index (χ4v) is 7.08. The maximum absolute atomic E-state index is 13.2. The lowest BCUT2D eigenvalue weighted by molar-refractivity contribution is 0.0604. The summed E-state index contributed by atoms with van der Waals surface area (Å²) in [6.45, 7) is 2.52. The van der Waals surface area contributed by atoms with Gasteiger partial charge >= 0.3 is 5.97 Å². The van der Waals surface area contributed by atoms with Crippen molar-refractivity contribution >= 4 is 48.3 Å². The number of fused-ring (bicyclic) bond motifs is 1. The molecule has 174 valence electrons. The summed E-state index contributed by atoms with van der Waals surface area (Å²) in [6, 6.07) is 13.3. The first kappa shape index (κ1) is 23.4. The molecule has 4 rings (SSSR count). The van der Waals surface area contributed by atoms with Crippen molar-refractivity contribution in [2.24, 2.45) is 0 Å². The minimum Gasteiger partial charge on any atom is -0.465 e. The summed E-state index contributed by atoms with van der Waals surface area (Å²) in [5.74, 6) is -0.962. The standard InChI is InChI=1S/C24H26N2O5S2/c1-3-17-8-6-7-15-26(17)33(29,30)18-13-11-16(12-14-18)22(27)25-23-21(24(28)31-2)19-9-4-5-10-20(19)32-23/h4-5,9-14,17H,3,6-8,15H2,1-2H3,(H,25,27). The molecule has 1 saturated heterocycles. The molecule has 7 nitrogen and oxygen atoms in total. The fourth-order valence-electron chi connectivity index (χ4n) is 4.23.